The number of hydrogen-bond donors (Lipinski definition) is 3. The van der Waals surface area contributed by atoms with Crippen molar-refractivity contribution in [1.82, 2.24) is 20.4 Å². The highest BCUT2D eigenvalue weighted by Gasteiger charge is 2.39. The van der Waals surface area contributed by atoms with Crippen LogP contribution in [0.1, 0.15) is 31.4 Å². The lowest BCUT2D eigenvalue weighted by molar-refractivity contribution is -0.124. The zero-order chi connectivity index (χ0) is 17.1. The molecule has 0 spiro atoms. The largest absolute Gasteiger partial charge is 0.393 e. The van der Waals surface area contributed by atoms with Crippen LogP contribution in [0.5, 0.6) is 0 Å². The average Bonchev–Trinajstić information content (AvgIpc) is 2.54. The Bertz CT molecular complexity index is 633. The number of aromatic nitrogens is 2. The summed E-state index contributed by atoms with van der Waals surface area (Å²) < 4.78 is 1.21. The zero-order valence-corrected chi connectivity index (χ0v) is 14.1. The van der Waals surface area contributed by atoms with Gasteiger partial charge in [0.1, 0.15) is 6.54 Å². The minimum Gasteiger partial charge on any atom is -0.393 e. The SMILES string of the molecule is Cc1ccc(=O)n(CC(=O)N[C@H](C2CCNCC2)C2CC(O)C2)n1. The van der Waals surface area contributed by atoms with E-state index in [4.69, 9.17) is 0 Å². The van der Waals surface area contributed by atoms with Gasteiger partial charge in [-0.05, 0) is 63.6 Å². The highest BCUT2D eigenvalue weighted by Crippen LogP contribution is 2.35. The van der Waals surface area contributed by atoms with Gasteiger partial charge in [0, 0.05) is 12.1 Å². The summed E-state index contributed by atoms with van der Waals surface area (Å²) in [7, 11) is 0. The summed E-state index contributed by atoms with van der Waals surface area (Å²) in [6, 6.07) is 3.15. The van der Waals surface area contributed by atoms with Gasteiger partial charge in [-0.25, -0.2) is 4.68 Å². The maximum absolute atomic E-state index is 12.5. The lowest BCUT2D eigenvalue weighted by atomic mass is 9.71. The average molecular weight is 334 g/mol. The van der Waals surface area contributed by atoms with E-state index in [0.717, 1.165) is 38.8 Å². The summed E-state index contributed by atoms with van der Waals surface area (Å²) in [5.41, 5.74) is 0.438. The first-order chi connectivity index (χ1) is 11.5. The van der Waals surface area contributed by atoms with E-state index >= 15 is 0 Å². The Morgan fingerprint density at radius 3 is 2.75 bits per heavy atom. The summed E-state index contributed by atoms with van der Waals surface area (Å²) in [6.45, 7) is 3.66. The van der Waals surface area contributed by atoms with E-state index in [0.29, 0.717) is 17.5 Å². The maximum atomic E-state index is 12.5. The van der Waals surface area contributed by atoms with Gasteiger partial charge in [0.25, 0.3) is 5.56 Å². The van der Waals surface area contributed by atoms with Gasteiger partial charge in [-0.15, -0.1) is 0 Å². The standard InChI is InChI=1S/C17H26N4O3/c1-11-2-3-16(24)21(20-11)10-15(23)19-17(13-8-14(22)9-13)12-4-6-18-7-5-12/h2-3,12-14,17-18,22H,4-10H2,1H3,(H,19,23)/t13?,14?,17-/m1/s1. The lowest BCUT2D eigenvalue weighted by Crippen LogP contribution is -2.53. The Morgan fingerprint density at radius 1 is 1.38 bits per heavy atom. The number of carbonyl (C=O) groups excluding carboxylic acids is 1. The van der Waals surface area contributed by atoms with Gasteiger partial charge >= 0.3 is 0 Å². The third-order valence-corrected chi connectivity index (χ3v) is 5.17. The van der Waals surface area contributed by atoms with Crippen LogP contribution in [0, 0.1) is 18.8 Å². The summed E-state index contributed by atoms with van der Waals surface area (Å²) in [5, 5.41) is 20.2. The number of aryl methyl sites for hydroxylation is 1. The van der Waals surface area contributed by atoms with Crippen molar-refractivity contribution >= 4 is 5.91 Å². The van der Waals surface area contributed by atoms with Crippen LogP contribution in [-0.2, 0) is 11.3 Å². The molecule has 24 heavy (non-hydrogen) atoms. The number of aliphatic hydroxyl groups is 1. The fourth-order valence-electron chi connectivity index (χ4n) is 3.78. The minimum absolute atomic E-state index is 0.0583. The van der Waals surface area contributed by atoms with Crippen molar-refractivity contribution in [3.8, 4) is 0 Å². The molecule has 7 heteroatoms. The zero-order valence-electron chi connectivity index (χ0n) is 14.1. The van der Waals surface area contributed by atoms with E-state index in [1.54, 1.807) is 13.0 Å². The third-order valence-electron chi connectivity index (χ3n) is 5.17. The van der Waals surface area contributed by atoms with Crippen LogP contribution in [0.2, 0.25) is 0 Å². The monoisotopic (exact) mass is 334 g/mol. The second-order valence-electron chi connectivity index (χ2n) is 7.04. The highest BCUT2D eigenvalue weighted by atomic mass is 16.3. The molecule has 1 aromatic heterocycles. The maximum Gasteiger partial charge on any atom is 0.267 e. The molecule has 7 nitrogen and oxygen atoms in total. The van der Waals surface area contributed by atoms with Gasteiger partial charge in [0.05, 0.1) is 11.8 Å². The minimum atomic E-state index is -0.270. The first-order valence-corrected chi connectivity index (χ1v) is 8.76. The number of aliphatic hydroxyl groups excluding tert-OH is 1. The topological polar surface area (TPSA) is 96.2 Å². The Hall–Kier alpha value is -1.73. The van der Waals surface area contributed by atoms with Crippen LogP contribution in [0.25, 0.3) is 0 Å². The summed E-state index contributed by atoms with van der Waals surface area (Å²) in [6.07, 6.45) is 3.31. The second kappa shape index (κ2) is 7.44. The Labute approximate surface area is 141 Å². The molecular formula is C17H26N4O3. The normalized spacial score (nSPS) is 25.8. The molecule has 0 aromatic carbocycles. The number of nitrogens with one attached hydrogen (secondary N) is 2. The van der Waals surface area contributed by atoms with Crippen LogP contribution in [0.3, 0.4) is 0 Å². The van der Waals surface area contributed by atoms with Gasteiger partial charge < -0.3 is 15.7 Å². The summed E-state index contributed by atoms with van der Waals surface area (Å²) in [5.74, 6) is 0.573. The summed E-state index contributed by atoms with van der Waals surface area (Å²) in [4.78, 5) is 24.3. The van der Waals surface area contributed by atoms with Crippen molar-refractivity contribution in [3.63, 3.8) is 0 Å². The third kappa shape index (κ3) is 4.02. The van der Waals surface area contributed by atoms with Gasteiger partial charge in [0.15, 0.2) is 0 Å². The van der Waals surface area contributed by atoms with Crippen LogP contribution in [0.15, 0.2) is 16.9 Å². The Balaban J connectivity index is 1.66. The number of amides is 1. The number of rotatable bonds is 5. The number of hydrogen-bond acceptors (Lipinski definition) is 5. The van der Waals surface area contributed by atoms with E-state index in [-0.39, 0.29) is 30.2 Å². The first-order valence-electron chi connectivity index (χ1n) is 8.76. The molecule has 0 unspecified atom stereocenters. The fourth-order valence-corrected chi connectivity index (χ4v) is 3.78. The lowest BCUT2D eigenvalue weighted by Gasteiger charge is -2.43. The molecule has 1 saturated carbocycles. The van der Waals surface area contributed by atoms with Crippen LogP contribution >= 0.6 is 0 Å². The van der Waals surface area contributed by atoms with E-state index in [2.05, 4.69) is 15.7 Å². The molecule has 1 atom stereocenters. The van der Waals surface area contributed by atoms with Gasteiger partial charge in [-0.2, -0.15) is 5.10 Å². The van der Waals surface area contributed by atoms with Crippen molar-refractivity contribution < 1.29 is 9.90 Å². The van der Waals surface area contributed by atoms with Gasteiger partial charge in [0.2, 0.25) is 5.91 Å². The van der Waals surface area contributed by atoms with Crippen molar-refractivity contribution in [3.05, 3.63) is 28.2 Å². The molecule has 132 valence electrons. The van der Waals surface area contributed by atoms with Crippen molar-refractivity contribution in [2.24, 2.45) is 11.8 Å². The summed E-state index contributed by atoms with van der Waals surface area (Å²) >= 11 is 0. The Morgan fingerprint density at radius 2 is 2.08 bits per heavy atom. The predicted molar refractivity (Wildman–Crippen MR) is 89.5 cm³/mol. The van der Waals surface area contributed by atoms with E-state index in [1.165, 1.54) is 10.7 Å². The second-order valence-corrected chi connectivity index (χ2v) is 7.04. The molecule has 0 radical (unpaired) electrons. The quantitative estimate of drug-likeness (QED) is 0.693. The number of carbonyl (C=O) groups is 1. The highest BCUT2D eigenvalue weighted by molar-refractivity contribution is 5.76. The molecule has 2 fully saturated rings. The molecule has 3 rings (SSSR count). The van der Waals surface area contributed by atoms with Crippen LogP contribution in [-0.4, -0.2) is 46.0 Å². The van der Waals surface area contributed by atoms with Crippen molar-refractivity contribution in [2.45, 2.75) is 51.3 Å². The molecule has 1 aromatic rings. The van der Waals surface area contributed by atoms with E-state index in [1.807, 2.05) is 0 Å². The first kappa shape index (κ1) is 17.1. The molecular weight excluding hydrogens is 308 g/mol. The number of nitrogens with zero attached hydrogens (tertiary/aromatic N) is 2. The predicted octanol–water partition coefficient (Wildman–Crippen LogP) is -0.193. The molecule has 2 heterocycles. The fraction of sp³-hybridized carbons (Fsp3) is 0.706. The number of piperidine rings is 1. The van der Waals surface area contributed by atoms with E-state index in [9.17, 15) is 14.7 Å². The molecule has 1 amide bonds. The molecule has 2 aliphatic rings. The molecule has 3 N–H and O–H groups in total. The van der Waals surface area contributed by atoms with Gasteiger partial charge in [-0.1, -0.05) is 0 Å². The molecule has 1 aliphatic heterocycles. The van der Waals surface area contributed by atoms with Crippen LogP contribution < -0.4 is 16.2 Å². The molecule has 1 aliphatic carbocycles. The van der Waals surface area contributed by atoms with Crippen molar-refractivity contribution in [2.75, 3.05) is 13.1 Å². The Kier molecular flexibility index (Phi) is 5.30. The van der Waals surface area contributed by atoms with Crippen LogP contribution in [0.4, 0.5) is 0 Å². The molecule has 1 saturated heterocycles. The smallest absolute Gasteiger partial charge is 0.267 e. The van der Waals surface area contributed by atoms with Crippen molar-refractivity contribution in [1.29, 1.82) is 0 Å². The van der Waals surface area contributed by atoms with Gasteiger partial charge in [-0.3, -0.25) is 9.59 Å². The van der Waals surface area contributed by atoms with E-state index < -0.39 is 0 Å². The molecule has 0 bridgehead atoms.